The maximum Gasteiger partial charge on any atom is 0.132 e. The van der Waals surface area contributed by atoms with E-state index < -0.39 is 0 Å². The van der Waals surface area contributed by atoms with E-state index in [1.807, 2.05) is 72.8 Å². The van der Waals surface area contributed by atoms with Gasteiger partial charge in [-0.15, -0.1) is 71.8 Å². The SMILES string of the molecule is [Ir].[c-]1ccccc1-c1cc(-n2c3ccccc3c3ccccc32)ncn1.[c-]1ccccc1-c1ccccn1. The van der Waals surface area contributed by atoms with Gasteiger partial charge in [0.25, 0.3) is 0 Å². The third kappa shape index (κ3) is 5.16. The van der Waals surface area contributed by atoms with Gasteiger partial charge in [0.1, 0.15) is 12.1 Å². The Morgan fingerprint density at radius 3 is 1.68 bits per heavy atom. The van der Waals surface area contributed by atoms with Crippen LogP contribution in [0, 0.1) is 12.1 Å². The minimum Gasteiger partial charge on any atom is -0.305 e. The summed E-state index contributed by atoms with van der Waals surface area (Å²) in [6.45, 7) is 0. The Morgan fingerprint density at radius 2 is 1.11 bits per heavy atom. The second-order valence-electron chi connectivity index (χ2n) is 8.40. The molecular formula is C33H22IrN4-2. The van der Waals surface area contributed by atoms with Crippen molar-refractivity contribution in [1.82, 2.24) is 19.5 Å². The van der Waals surface area contributed by atoms with Gasteiger partial charge in [0, 0.05) is 37.1 Å². The fraction of sp³-hybridized carbons (Fsp3) is 0. The molecule has 7 rings (SSSR count). The van der Waals surface area contributed by atoms with Gasteiger partial charge in [-0.2, -0.15) is 0 Å². The number of hydrogen-bond donors (Lipinski definition) is 0. The zero-order valence-electron chi connectivity index (χ0n) is 20.3. The number of aromatic nitrogens is 4. The zero-order valence-corrected chi connectivity index (χ0v) is 22.7. The van der Waals surface area contributed by atoms with Crippen LogP contribution in [0.3, 0.4) is 0 Å². The van der Waals surface area contributed by atoms with Crippen molar-refractivity contribution in [3.05, 3.63) is 146 Å². The predicted octanol–water partition coefficient (Wildman–Crippen LogP) is 7.59. The molecule has 0 bridgehead atoms. The van der Waals surface area contributed by atoms with E-state index in [-0.39, 0.29) is 20.1 Å². The number of pyridine rings is 1. The third-order valence-electron chi connectivity index (χ3n) is 6.10. The number of para-hydroxylation sites is 2. The van der Waals surface area contributed by atoms with Crippen LogP contribution in [0.25, 0.3) is 50.1 Å². The van der Waals surface area contributed by atoms with Gasteiger partial charge in [-0.05, 0) is 35.7 Å². The summed E-state index contributed by atoms with van der Waals surface area (Å²) < 4.78 is 2.19. The molecule has 4 nitrogen and oxygen atoms in total. The van der Waals surface area contributed by atoms with Gasteiger partial charge in [-0.1, -0.05) is 48.5 Å². The molecular weight excluding hydrogens is 645 g/mol. The van der Waals surface area contributed by atoms with Crippen molar-refractivity contribution in [2.75, 3.05) is 0 Å². The van der Waals surface area contributed by atoms with Crippen LogP contribution >= 0.6 is 0 Å². The van der Waals surface area contributed by atoms with Crippen LogP contribution in [0.4, 0.5) is 0 Å². The van der Waals surface area contributed by atoms with E-state index in [0.717, 1.165) is 39.4 Å². The third-order valence-corrected chi connectivity index (χ3v) is 6.10. The Morgan fingerprint density at radius 1 is 0.526 bits per heavy atom. The quantitative estimate of drug-likeness (QED) is 0.183. The molecule has 3 heterocycles. The molecule has 7 aromatic rings. The van der Waals surface area contributed by atoms with E-state index in [9.17, 15) is 0 Å². The molecule has 0 saturated carbocycles. The van der Waals surface area contributed by atoms with E-state index in [0.29, 0.717) is 0 Å². The molecule has 5 heteroatoms. The molecule has 3 aromatic heterocycles. The minimum absolute atomic E-state index is 0. The zero-order chi connectivity index (χ0) is 24.9. The molecule has 185 valence electrons. The molecule has 0 spiro atoms. The monoisotopic (exact) mass is 667 g/mol. The van der Waals surface area contributed by atoms with Crippen LogP contribution in [0.2, 0.25) is 0 Å². The van der Waals surface area contributed by atoms with Crippen molar-refractivity contribution >= 4 is 21.8 Å². The second kappa shape index (κ2) is 11.7. The molecule has 4 aromatic carbocycles. The molecule has 0 atom stereocenters. The normalized spacial score (nSPS) is 10.4. The van der Waals surface area contributed by atoms with Crippen molar-refractivity contribution < 1.29 is 20.1 Å². The number of fused-ring (bicyclic) bond motifs is 3. The maximum atomic E-state index is 4.55. The molecule has 0 N–H and O–H groups in total. The smallest absolute Gasteiger partial charge is 0.132 e. The molecule has 38 heavy (non-hydrogen) atoms. The summed E-state index contributed by atoms with van der Waals surface area (Å²) in [4.78, 5) is 13.2. The molecule has 0 fully saturated rings. The Kier molecular flexibility index (Phi) is 7.79. The summed E-state index contributed by atoms with van der Waals surface area (Å²) in [7, 11) is 0. The van der Waals surface area contributed by atoms with Gasteiger partial charge in [-0.3, -0.25) is 9.55 Å². The standard InChI is InChI=1S/C22H14N3.C11H8N.Ir/c1-2-8-16(9-3-1)19-14-22(24-15-23-19)25-20-12-6-4-10-17(20)18-11-5-7-13-21(18)25;1-2-6-10(7-3-1)11-8-4-5-9-12-11;/h1-8,10-15H;1-6,8-9H;/q2*-1;. The van der Waals surface area contributed by atoms with Crippen molar-refractivity contribution in [3.63, 3.8) is 0 Å². The van der Waals surface area contributed by atoms with Crippen molar-refractivity contribution in [2.24, 2.45) is 0 Å². The van der Waals surface area contributed by atoms with Gasteiger partial charge in [0.2, 0.25) is 0 Å². The van der Waals surface area contributed by atoms with Crippen LogP contribution in [0.5, 0.6) is 0 Å². The fourth-order valence-electron chi connectivity index (χ4n) is 4.41. The average molecular weight is 667 g/mol. The Hall–Kier alpha value is -4.44. The topological polar surface area (TPSA) is 43.6 Å². The second-order valence-corrected chi connectivity index (χ2v) is 8.40. The number of benzene rings is 4. The van der Waals surface area contributed by atoms with Crippen molar-refractivity contribution in [3.8, 4) is 28.3 Å². The molecule has 0 unspecified atom stereocenters. The van der Waals surface area contributed by atoms with E-state index in [1.165, 1.54) is 10.8 Å². The molecule has 1 radical (unpaired) electrons. The van der Waals surface area contributed by atoms with E-state index >= 15 is 0 Å². The number of rotatable bonds is 3. The number of hydrogen-bond acceptors (Lipinski definition) is 3. The van der Waals surface area contributed by atoms with Gasteiger partial charge in [0.15, 0.2) is 0 Å². The summed E-state index contributed by atoms with van der Waals surface area (Å²) in [6, 6.07) is 46.8. The summed E-state index contributed by atoms with van der Waals surface area (Å²) in [5.41, 5.74) is 6.13. The van der Waals surface area contributed by atoms with Gasteiger partial charge in [-0.25, -0.2) is 4.98 Å². The first kappa shape index (κ1) is 25.2. The fourth-order valence-corrected chi connectivity index (χ4v) is 4.41. The van der Waals surface area contributed by atoms with E-state index in [1.54, 1.807) is 12.5 Å². The maximum absolute atomic E-state index is 4.55. The van der Waals surface area contributed by atoms with Gasteiger partial charge in [0.05, 0.1) is 11.0 Å². The molecule has 0 aliphatic heterocycles. The summed E-state index contributed by atoms with van der Waals surface area (Å²) in [5, 5.41) is 2.45. The summed E-state index contributed by atoms with van der Waals surface area (Å²) in [6.07, 6.45) is 3.41. The van der Waals surface area contributed by atoms with Crippen LogP contribution in [-0.4, -0.2) is 19.5 Å². The van der Waals surface area contributed by atoms with Crippen LogP contribution in [-0.2, 0) is 20.1 Å². The van der Waals surface area contributed by atoms with Crippen LogP contribution in [0.15, 0.2) is 134 Å². The van der Waals surface area contributed by atoms with Gasteiger partial charge >= 0.3 is 0 Å². The summed E-state index contributed by atoms with van der Waals surface area (Å²) >= 11 is 0. The average Bonchev–Trinajstić information content (AvgIpc) is 3.33. The Bertz CT molecular complexity index is 1670. The van der Waals surface area contributed by atoms with E-state index in [4.69, 9.17) is 0 Å². The summed E-state index contributed by atoms with van der Waals surface area (Å²) in [5.74, 6) is 0.861. The van der Waals surface area contributed by atoms with Crippen molar-refractivity contribution in [1.29, 1.82) is 0 Å². The first-order valence-electron chi connectivity index (χ1n) is 12.0. The Balaban J connectivity index is 0.000000191. The molecule has 0 saturated heterocycles. The first-order chi connectivity index (χ1) is 18.4. The number of nitrogens with zero attached hydrogens (tertiary/aromatic N) is 4. The molecule has 0 amide bonds. The van der Waals surface area contributed by atoms with Gasteiger partial charge < -0.3 is 4.98 Å². The molecule has 0 aliphatic carbocycles. The van der Waals surface area contributed by atoms with E-state index in [2.05, 4.69) is 80.2 Å². The minimum atomic E-state index is 0. The van der Waals surface area contributed by atoms with Crippen LogP contribution in [0.1, 0.15) is 0 Å². The Labute approximate surface area is 235 Å². The largest absolute Gasteiger partial charge is 0.305 e. The van der Waals surface area contributed by atoms with Crippen LogP contribution < -0.4 is 0 Å². The van der Waals surface area contributed by atoms with Crippen molar-refractivity contribution in [2.45, 2.75) is 0 Å². The predicted molar refractivity (Wildman–Crippen MR) is 149 cm³/mol. The molecule has 0 aliphatic rings. The first-order valence-corrected chi connectivity index (χ1v) is 12.0.